The standard InChI is InChI=1S/C43H26N2S.C41H24N4S.C41H24N2S/c1-3-13-27(14-4-1)30-25-35(29-16-5-2-6-17-29)44-38(26-30)45-36-21-11-9-19-32(36)39-34-24-23-28-15-7-8-18-31(28)40(34)43-41(42(39)45)33-20-10-12-22-37(33)46-43;1-3-14-26(15-4-1)39-42-40(27-16-5-2-6-17-27)44-41(43-39)45-32-21-11-9-19-29(32)34-31-24-23-25-13-7-8-18-28(25)35(31)38-36(37(34)45)30-20-10-12-22-33(30)46-38;1-2-13-26(14-3-1)39-29-17-7-5-15-27(29)24-35(42-39)43-33-20-10-8-18-30(33)36-32-23-22-25-12-4-6-16-28(25)37(32)41-38(40(36)43)31-19-9-11-21-34(31)44-41/h1-26H;1-24H;1-24H. The van der Waals surface area contributed by atoms with Crippen LogP contribution in [0.5, 0.6) is 0 Å². The Morgan fingerprint density at radius 3 is 0.912 bits per heavy atom. The second kappa shape index (κ2) is 31.2. The normalized spacial score (nSPS) is 12.0. The summed E-state index contributed by atoms with van der Waals surface area (Å²) in [5.74, 6) is 3.76. The molecule has 0 aliphatic heterocycles. The van der Waals surface area contributed by atoms with Crippen LogP contribution in [-0.2, 0) is 0 Å². The number of hydrogen-bond acceptors (Lipinski definition) is 8. The van der Waals surface area contributed by atoms with Gasteiger partial charge in [0.2, 0.25) is 5.95 Å². The molecule has 0 radical (unpaired) electrons. The lowest BCUT2D eigenvalue weighted by Crippen LogP contribution is -2.06. The van der Waals surface area contributed by atoms with Crippen LogP contribution in [0, 0.1) is 0 Å². The minimum absolute atomic E-state index is 0.607. The molecule has 0 spiro atoms. The van der Waals surface area contributed by atoms with Crippen molar-refractivity contribution in [3.8, 4) is 74.0 Å². The van der Waals surface area contributed by atoms with Crippen LogP contribution in [0.1, 0.15) is 0 Å². The summed E-state index contributed by atoms with van der Waals surface area (Å²) in [5, 5.41) is 32.9. The van der Waals surface area contributed by atoms with Crippen molar-refractivity contribution in [2.45, 2.75) is 0 Å². The highest BCUT2D eigenvalue weighted by atomic mass is 32.1. The highest BCUT2D eigenvalue weighted by Crippen LogP contribution is 2.55. The van der Waals surface area contributed by atoms with Gasteiger partial charge in [-0.05, 0) is 120 Å². The average molecular weight is 1780 g/mol. The van der Waals surface area contributed by atoms with Crippen LogP contribution >= 0.6 is 34.0 Å². The van der Waals surface area contributed by atoms with Crippen molar-refractivity contribution in [1.82, 2.24) is 38.6 Å². The van der Waals surface area contributed by atoms with Crippen LogP contribution < -0.4 is 0 Å². The molecular weight excluding hydrogens is 1710 g/mol. The molecule has 632 valence electrons. The smallest absolute Gasteiger partial charge is 0.238 e. The molecule has 30 rings (SSSR count). The SMILES string of the molecule is c1ccc(-c2cc(-c3ccccc3)nc(-n3c4ccccc4c4c5ccc6ccccc6c5c5sc6ccccc6c5c43)c2)cc1.c1ccc(-c2nc(-c3ccccc3)nc(-n3c4ccccc4c4c5ccc6ccccc6c5c5sc6ccccc6c5c43)n2)cc1.c1ccc(-c2nc(-n3c4ccccc4c4c5ccc6ccccc6c5c5sc6ccccc6c5c43)cc3ccccc23)cc1. The Hall–Kier alpha value is -17.2. The van der Waals surface area contributed by atoms with Gasteiger partial charge in [-0.25, -0.2) is 15.0 Å². The molecular formula is C125H74N8S3. The maximum Gasteiger partial charge on any atom is 0.238 e. The van der Waals surface area contributed by atoms with Crippen LogP contribution in [0.2, 0.25) is 0 Å². The second-order valence-corrected chi connectivity index (χ2v) is 38.2. The Labute approximate surface area is 790 Å². The van der Waals surface area contributed by atoms with Crippen molar-refractivity contribution < 1.29 is 0 Å². The lowest BCUT2D eigenvalue weighted by molar-refractivity contribution is 0.955. The predicted molar refractivity (Wildman–Crippen MR) is 580 cm³/mol. The average Bonchev–Trinajstić information content (AvgIpc) is 1.53. The number of para-hydroxylation sites is 3. The first-order valence-corrected chi connectivity index (χ1v) is 48.5. The molecule has 9 aromatic heterocycles. The molecule has 0 aliphatic carbocycles. The van der Waals surface area contributed by atoms with Crippen molar-refractivity contribution >= 4 is 235 Å². The van der Waals surface area contributed by atoms with Crippen molar-refractivity contribution in [1.29, 1.82) is 0 Å². The van der Waals surface area contributed by atoms with Crippen molar-refractivity contribution in [3.05, 3.63) is 449 Å². The quantitative estimate of drug-likeness (QED) is 0.142. The zero-order valence-corrected chi connectivity index (χ0v) is 75.5. The van der Waals surface area contributed by atoms with E-state index in [1.807, 2.05) is 70.4 Å². The molecule has 0 aliphatic rings. The minimum Gasteiger partial charge on any atom is -0.293 e. The summed E-state index contributed by atoms with van der Waals surface area (Å²) in [7, 11) is 0. The molecule has 0 bridgehead atoms. The van der Waals surface area contributed by atoms with Gasteiger partial charge in [-0.15, -0.1) is 34.0 Å². The van der Waals surface area contributed by atoms with Crippen LogP contribution in [0.25, 0.3) is 275 Å². The molecule has 0 saturated heterocycles. The number of benzene rings is 21. The van der Waals surface area contributed by atoms with Gasteiger partial charge in [0, 0.05) is 137 Å². The molecule has 30 aromatic rings. The van der Waals surface area contributed by atoms with Gasteiger partial charge in [0.25, 0.3) is 0 Å². The zero-order chi connectivity index (χ0) is 89.2. The fourth-order valence-corrected chi connectivity index (χ4v) is 25.5. The lowest BCUT2D eigenvalue weighted by atomic mass is 9.95. The van der Waals surface area contributed by atoms with Gasteiger partial charge in [0.1, 0.15) is 11.6 Å². The Bertz CT molecular complexity index is 9700. The summed E-state index contributed by atoms with van der Waals surface area (Å²) >= 11 is 5.67. The molecule has 0 fully saturated rings. The van der Waals surface area contributed by atoms with E-state index in [0.29, 0.717) is 17.6 Å². The van der Waals surface area contributed by atoms with E-state index in [1.54, 1.807) is 0 Å². The van der Waals surface area contributed by atoms with E-state index in [9.17, 15) is 0 Å². The maximum absolute atomic E-state index is 5.48. The molecule has 136 heavy (non-hydrogen) atoms. The molecule has 0 saturated carbocycles. The predicted octanol–water partition coefficient (Wildman–Crippen LogP) is 34.8. The van der Waals surface area contributed by atoms with Crippen LogP contribution in [0.3, 0.4) is 0 Å². The first kappa shape index (κ1) is 77.6. The number of hydrogen-bond donors (Lipinski definition) is 0. The Morgan fingerprint density at radius 2 is 0.493 bits per heavy atom. The Kier molecular flexibility index (Phi) is 17.8. The Balaban J connectivity index is 0.000000101. The van der Waals surface area contributed by atoms with E-state index in [1.165, 1.54) is 185 Å². The zero-order valence-electron chi connectivity index (χ0n) is 73.0. The third-order valence-corrected chi connectivity index (χ3v) is 31.1. The van der Waals surface area contributed by atoms with Gasteiger partial charge in [-0.3, -0.25) is 13.7 Å². The summed E-state index contributed by atoms with van der Waals surface area (Å²) in [6, 6.07) is 161. The first-order chi connectivity index (χ1) is 67.5. The molecule has 8 nitrogen and oxygen atoms in total. The second-order valence-electron chi connectivity index (χ2n) is 35.0. The van der Waals surface area contributed by atoms with Gasteiger partial charge in [0.15, 0.2) is 11.6 Å². The number of thiophene rings is 3. The highest BCUT2D eigenvalue weighted by Gasteiger charge is 2.30. The van der Waals surface area contributed by atoms with Crippen LogP contribution in [0.15, 0.2) is 449 Å². The molecule has 11 heteroatoms. The monoisotopic (exact) mass is 1780 g/mol. The summed E-state index contributed by atoms with van der Waals surface area (Å²) in [6.45, 7) is 0. The van der Waals surface area contributed by atoms with E-state index < -0.39 is 0 Å². The fourth-order valence-electron chi connectivity index (χ4n) is 21.7. The fraction of sp³-hybridized carbons (Fsp3) is 0. The number of fused-ring (bicyclic) bond motifs is 37. The van der Waals surface area contributed by atoms with Crippen molar-refractivity contribution in [2.24, 2.45) is 0 Å². The van der Waals surface area contributed by atoms with E-state index in [-0.39, 0.29) is 0 Å². The molecule has 0 N–H and O–H groups in total. The number of rotatable bonds is 8. The van der Waals surface area contributed by atoms with Gasteiger partial charge in [-0.1, -0.05) is 394 Å². The van der Waals surface area contributed by atoms with Gasteiger partial charge >= 0.3 is 0 Å². The van der Waals surface area contributed by atoms with Crippen LogP contribution in [-0.4, -0.2) is 38.6 Å². The maximum atomic E-state index is 5.48. The third kappa shape index (κ3) is 12.1. The van der Waals surface area contributed by atoms with E-state index in [2.05, 4.69) is 426 Å². The van der Waals surface area contributed by atoms with Crippen molar-refractivity contribution in [2.75, 3.05) is 0 Å². The largest absolute Gasteiger partial charge is 0.293 e. The lowest BCUT2D eigenvalue weighted by Gasteiger charge is -2.14. The van der Waals surface area contributed by atoms with Gasteiger partial charge < -0.3 is 0 Å². The van der Waals surface area contributed by atoms with E-state index in [4.69, 9.17) is 24.9 Å². The minimum atomic E-state index is 0.607. The van der Waals surface area contributed by atoms with Crippen LogP contribution in [0.4, 0.5) is 0 Å². The molecule has 21 aromatic carbocycles. The molecule has 0 atom stereocenters. The van der Waals surface area contributed by atoms with E-state index in [0.717, 1.165) is 72.8 Å². The molecule has 0 amide bonds. The number of nitrogens with zero attached hydrogens (tertiary/aromatic N) is 8. The number of pyridine rings is 2. The van der Waals surface area contributed by atoms with Crippen molar-refractivity contribution in [3.63, 3.8) is 0 Å². The summed E-state index contributed by atoms with van der Waals surface area (Å²) in [4.78, 5) is 26.4. The third-order valence-electron chi connectivity index (χ3n) is 27.5. The highest BCUT2D eigenvalue weighted by molar-refractivity contribution is 7.28. The first-order valence-electron chi connectivity index (χ1n) is 46.0. The Morgan fingerprint density at radius 1 is 0.176 bits per heavy atom. The van der Waals surface area contributed by atoms with E-state index >= 15 is 0 Å². The molecule has 0 unspecified atom stereocenters. The summed E-state index contributed by atoms with van der Waals surface area (Å²) in [5.41, 5.74) is 15.4. The summed E-state index contributed by atoms with van der Waals surface area (Å²) in [6.07, 6.45) is 0. The van der Waals surface area contributed by atoms with Gasteiger partial charge in [0.05, 0.1) is 44.5 Å². The summed E-state index contributed by atoms with van der Waals surface area (Å²) < 4.78 is 14.9. The van der Waals surface area contributed by atoms with Gasteiger partial charge in [-0.2, -0.15) is 9.97 Å². The molecule has 9 heterocycles. The number of aromatic nitrogens is 8. The topological polar surface area (TPSA) is 79.2 Å².